The third kappa shape index (κ3) is 5.36. The van der Waals surface area contributed by atoms with E-state index in [1.54, 1.807) is 6.92 Å². The van der Waals surface area contributed by atoms with Gasteiger partial charge in [-0.3, -0.25) is 4.79 Å². The molecule has 1 amide bonds. The third-order valence-corrected chi connectivity index (χ3v) is 2.36. The molecule has 1 atom stereocenters. The number of para-hydroxylation sites is 1. The van der Waals surface area contributed by atoms with E-state index in [-0.39, 0.29) is 5.91 Å². The van der Waals surface area contributed by atoms with Gasteiger partial charge >= 0.3 is 0 Å². The average molecular weight is 237 g/mol. The fourth-order valence-corrected chi connectivity index (χ4v) is 1.24. The zero-order chi connectivity index (χ0) is 12.5. The van der Waals surface area contributed by atoms with E-state index < -0.39 is 6.10 Å². The predicted octanol–water partition coefficient (Wildman–Crippen LogP) is 1.61. The summed E-state index contributed by atoms with van der Waals surface area (Å²) < 4.78 is 10.4. The molecule has 0 heterocycles. The predicted molar refractivity (Wildman–Crippen MR) is 66.0 cm³/mol. The van der Waals surface area contributed by atoms with Gasteiger partial charge in [0.1, 0.15) is 11.9 Å². The van der Waals surface area contributed by atoms with Crippen LogP contribution in [0.5, 0.6) is 5.75 Å². The number of methoxy groups -OCH3 is 1. The van der Waals surface area contributed by atoms with E-state index in [0.29, 0.717) is 13.2 Å². The molecule has 1 aromatic carbocycles. The summed E-state index contributed by atoms with van der Waals surface area (Å²) in [5.41, 5.74) is 0. The monoisotopic (exact) mass is 237 g/mol. The van der Waals surface area contributed by atoms with Gasteiger partial charge in [0.15, 0.2) is 0 Å². The molecule has 4 heteroatoms. The molecular weight excluding hydrogens is 218 g/mol. The summed E-state index contributed by atoms with van der Waals surface area (Å²) in [7, 11) is 1.52. The van der Waals surface area contributed by atoms with E-state index in [1.807, 2.05) is 30.3 Å². The van der Waals surface area contributed by atoms with Crippen molar-refractivity contribution in [2.45, 2.75) is 19.4 Å². The minimum atomic E-state index is -0.398. The number of amides is 1. The van der Waals surface area contributed by atoms with E-state index >= 15 is 0 Å². The summed E-state index contributed by atoms with van der Waals surface area (Å²) in [4.78, 5) is 11.3. The molecule has 0 fully saturated rings. The number of hydrogen-bond donors (Lipinski definition) is 1. The van der Waals surface area contributed by atoms with Gasteiger partial charge in [0, 0.05) is 13.7 Å². The van der Waals surface area contributed by atoms with Gasteiger partial charge in [0.25, 0.3) is 0 Å². The maximum absolute atomic E-state index is 11.3. The van der Waals surface area contributed by atoms with Crippen molar-refractivity contribution in [2.75, 3.05) is 20.3 Å². The molecule has 17 heavy (non-hydrogen) atoms. The van der Waals surface area contributed by atoms with Crippen LogP contribution in [0.15, 0.2) is 30.3 Å². The highest BCUT2D eigenvalue weighted by Crippen LogP contribution is 2.07. The molecule has 1 unspecified atom stereocenters. The van der Waals surface area contributed by atoms with Crippen LogP contribution in [0.2, 0.25) is 0 Å². The van der Waals surface area contributed by atoms with Gasteiger partial charge < -0.3 is 14.8 Å². The normalized spacial score (nSPS) is 11.9. The molecule has 4 nitrogen and oxygen atoms in total. The number of ether oxygens (including phenoxy) is 2. The Morgan fingerprint density at radius 2 is 2.06 bits per heavy atom. The number of benzene rings is 1. The van der Waals surface area contributed by atoms with Crippen LogP contribution in [0.1, 0.15) is 13.3 Å². The van der Waals surface area contributed by atoms with E-state index in [4.69, 9.17) is 9.47 Å². The van der Waals surface area contributed by atoms with Gasteiger partial charge in [0.2, 0.25) is 5.91 Å². The lowest BCUT2D eigenvalue weighted by Gasteiger charge is -2.10. The molecular formula is C13H19NO3. The second-order valence-corrected chi connectivity index (χ2v) is 3.68. The first kappa shape index (κ1) is 13.5. The number of carbonyl (C=O) groups is 1. The minimum absolute atomic E-state index is 0.0905. The summed E-state index contributed by atoms with van der Waals surface area (Å²) in [5, 5.41) is 2.78. The van der Waals surface area contributed by atoms with Crippen LogP contribution in [0.3, 0.4) is 0 Å². The zero-order valence-electron chi connectivity index (χ0n) is 10.3. The minimum Gasteiger partial charge on any atom is -0.494 e. The van der Waals surface area contributed by atoms with Crippen molar-refractivity contribution in [3.05, 3.63) is 30.3 Å². The molecule has 0 bridgehead atoms. The topological polar surface area (TPSA) is 47.6 Å². The first-order valence-electron chi connectivity index (χ1n) is 5.72. The molecule has 0 saturated heterocycles. The van der Waals surface area contributed by atoms with E-state index in [2.05, 4.69) is 5.32 Å². The highest BCUT2D eigenvalue weighted by atomic mass is 16.5. The highest BCUT2D eigenvalue weighted by molar-refractivity contribution is 5.80. The van der Waals surface area contributed by atoms with Crippen molar-refractivity contribution in [1.82, 2.24) is 5.32 Å². The molecule has 0 spiro atoms. The largest absolute Gasteiger partial charge is 0.494 e. The Hall–Kier alpha value is -1.55. The summed E-state index contributed by atoms with van der Waals surface area (Å²) in [6.45, 7) is 2.90. The lowest BCUT2D eigenvalue weighted by atomic mass is 10.3. The van der Waals surface area contributed by atoms with Crippen LogP contribution in [0, 0.1) is 0 Å². The maximum Gasteiger partial charge on any atom is 0.248 e. The second kappa shape index (κ2) is 7.68. The first-order valence-corrected chi connectivity index (χ1v) is 5.72. The van der Waals surface area contributed by atoms with Crippen LogP contribution >= 0.6 is 0 Å². The molecule has 0 aromatic heterocycles. The standard InChI is InChI=1S/C13H19NO3/c1-11(16-2)13(15)14-9-6-10-17-12-7-4-3-5-8-12/h3-5,7-8,11H,6,9-10H2,1-2H3,(H,14,15). The van der Waals surface area contributed by atoms with Gasteiger partial charge in [0.05, 0.1) is 6.61 Å². The van der Waals surface area contributed by atoms with Crippen LogP contribution in [0.25, 0.3) is 0 Å². The zero-order valence-corrected chi connectivity index (χ0v) is 10.3. The molecule has 94 valence electrons. The molecule has 0 saturated carbocycles. The lowest BCUT2D eigenvalue weighted by Crippen LogP contribution is -2.34. The van der Waals surface area contributed by atoms with Gasteiger partial charge in [-0.2, -0.15) is 0 Å². The smallest absolute Gasteiger partial charge is 0.248 e. The van der Waals surface area contributed by atoms with Crippen molar-refractivity contribution in [1.29, 1.82) is 0 Å². The summed E-state index contributed by atoms with van der Waals surface area (Å²) in [6, 6.07) is 9.62. The van der Waals surface area contributed by atoms with Crippen LogP contribution in [-0.4, -0.2) is 32.3 Å². The van der Waals surface area contributed by atoms with Crippen molar-refractivity contribution in [3.8, 4) is 5.75 Å². The Balaban J connectivity index is 2.07. The average Bonchev–Trinajstić information content (AvgIpc) is 2.38. The third-order valence-electron chi connectivity index (χ3n) is 2.36. The fraction of sp³-hybridized carbons (Fsp3) is 0.462. The highest BCUT2D eigenvalue weighted by Gasteiger charge is 2.09. The SMILES string of the molecule is COC(C)C(=O)NCCCOc1ccccc1. The van der Waals surface area contributed by atoms with Crippen molar-refractivity contribution in [2.24, 2.45) is 0 Å². The Kier molecular flexibility index (Phi) is 6.10. The Labute approximate surface area is 102 Å². The number of rotatable bonds is 7. The lowest BCUT2D eigenvalue weighted by molar-refractivity contribution is -0.130. The summed E-state index contributed by atoms with van der Waals surface area (Å²) in [6.07, 6.45) is 0.377. The van der Waals surface area contributed by atoms with Gasteiger partial charge in [-0.05, 0) is 25.5 Å². The van der Waals surface area contributed by atoms with Crippen molar-refractivity contribution < 1.29 is 14.3 Å². The van der Waals surface area contributed by atoms with Crippen LogP contribution in [-0.2, 0) is 9.53 Å². The van der Waals surface area contributed by atoms with Crippen LogP contribution < -0.4 is 10.1 Å². The van der Waals surface area contributed by atoms with Crippen molar-refractivity contribution >= 4 is 5.91 Å². The van der Waals surface area contributed by atoms with Crippen molar-refractivity contribution in [3.63, 3.8) is 0 Å². The van der Waals surface area contributed by atoms with Gasteiger partial charge in [-0.15, -0.1) is 0 Å². The summed E-state index contributed by atoms with van der Waals surface area (Å²) >= 11 is 0. The van der Waals surface area contributed by atoms with E-state index in [1.165, 1.54) is 7.11 Å². The van der Waals surface area contributed by atoms with Gasteiger partial charge in [-0.25, -0.2) is 0 Å². The molecule has 0 radical (unpaired) electrons. The number of carbonyl (C=O) groups excluding carboxylic acids is 1. The molecule has 1 rings (SSSR count). The first-order chi connectivity index (χ1) is 8.24. The second-order valence-electron chi connectivity index (χ2n) is 3.68. The van der Waals surface area contributed by atoms with E-state index in [9.17, 15) is 4.79 Å². The molecule has 1 N–H and O–H groups in total. The molecule has 0 aliphatic rings. The van der Waals surface area contributed by atoms with E-state index in [0.717, 1.165) is 12.2 Å². The molecule has 0 aliphatic heterocycles. The number of hydrogen-bond acceptors (Lipinski definition) is 3. The Bertz CT molecular complexity index is 327. The molecule has 0 aliphatic carbocycles. The fourth-order valence-electron chi connectivity index (χ4n) is 1.24. The maximum atomic E-state index is 11.3. The molecule has 1 aromatic rings. The number of nitrogens with one attached hydrogen (secondary N) is 1. The Morgan fingerprint density at radius 3 is 2.71 bits per heavy atom. The Morgan fingerprint density at radius 1 is 1.35 bits per heavy atom. The quantitative estimate of drug-likeness (QED) is 0.733. The summed E-state index contributed by atoms with van der Waals surface area (Å²) in [5.74, 6) is 0.760. The van der Waals surface area contributed by atoms with Crippen LogP contribution in [0.4, 0.5) is 0 Å². The van der Waals surface area contributed by atoms with Gasteiger partial charge in [-0.1, -0.05) is 18.2 Å².